The molecule has 1 heterocycles. The molecule has 1 aliphatic heterocycles. The molecule has 0 aromatic carbocycles. The normalized spacial score (nSPS) is 19.7. The van der Waals surface area contributed by atoms with Crippen molar-refractivity contribution in [3.8, 4) is 6.07 Å². The van der Waals surface area contributed by atoms with E-state index in [1.54, 1.807) is 0 Å². The van der Waals surface area contributed by atoms with Crippen molar-refractivity contribution in [2.75, 3.05) is 13.2 Å². The van der Waals surface area contributed by atoms with Crippen LogP contribution in [-0.2, 0) is 14.4 Å². The zero-order valence-electron chi connectivity index (χ0n) is 8.52. The van der Waals surface area contributed by atoms with Crippen molar-refractivity contribution in [2.24, 2.45) is 0 Å². The molecule has 2 amide bonds. The summed E-state index contributed by atoms with van der Waals surface area (Å²) in [7, 11) is 0. The van der Waals surface area contributed by atoms with Crippen molar-refractivity contribution in [1.29, 1.82) is 5.26 Å². The van der Waals surface area contributed by atoms with E-state index in [0.717, 1.165) is 6.42 Å². The first-order valence-corrected chi connectivity index (χ1v) is 4.72. The number of carbonyl (C=O) groups excluding carboxylic acids is 2. The van der Waals surface area contributed by atoms with Crippen LogP contribution in [-0.4, -0.2) is 35.9 Å². The summed E-state index contributed by atoms with van der Waals surface area (Å²) in [4.78, 5) is 28.1. The van der Waals surface area contributed by atoms with E-state index in [1.807, 2.05) is 0 Å². The maximum Gasteiger partial charge on any atom is 0.252 e. The number of nitrogens with one attached hydrogen (secondary N) is 1. The second-order valence-electron chi connectivity index (χ2n) is 3.32. The molecule has 1 unspecified atom stereocenters. The van der Waals surface area contributed by atoms with E-state index >= 15 is 0 Å². The van der Waals surface area contributed by atoms with Crippen LogP contribution in [0.15, 0.2) is 0 Å². The molecule has 0 bridgehead atoms. The van der Waals surface area contributed by atoms with E-state index in [1.165, 1.54) is 11.8 Å². The van der Waals surface area contributed by atoms with Crippen molar-refractivity contribution < 1.29 is 14.4 Å². The number of amides is 2. The fourth-order valence-electron chi connectivity index (χ4n) is 1.48. The van der Waals surface area contributed by atoms with Gasteiger partial charge in [-0.05, 0) is 12.8 Å². The van der Waals surface area contributed by atoms with Gasteiger partial charge in [0.2, 0.25) is 5.91 Å². The molecule has 0 radical (unpaired) electrons. The van der Waals surface area contributed by atoms with Crippen molar-refractivity contribution in [1.82, 2.24) is 10.4 Å². The van der Waals surface area contributed by atoms with Gasteiger partial charge in [0.05, 0.1) is 6.07 Å². The van der Waals surface area contributed by atoms with Crippen LogP contribution in [0, 0.1) is 11.3 Å². The molecule has 0 spiro atoms. The third-order valence-electron chi connectivity index (χ3n) is 2.13. The molecular weight excluding hydrogens is 198 g/mol. The average Bonchev–Trinajstić information content (AvgIpc) is 2.64. The number of hydrogen-bond acceptors (Lipinski definition) is 4. The first-order valence-electron chi connectivity index (χ1n) is 4.72. The minimum atomic E-state index is -0.360. The molecule has 1 fully saturated rings. The Morgan fingerprint density at radius 1 is 1.67 bits per heavy atom. The summed E-state index contributed by atoms with van der Waals surface area (Å²) in [5.74, 6) is -0.631. The summed E-state index contributed by atoms with van der Waals surface area (Å²) in [5.41, 5.74) is 2.06. The molecule has 82 valence electrons. The smallest absolute Gasteiger partial charge is 0.252 e. The third kappa shape index (κ3) is 3.22. The summed E-state index contributed by atoms with van der Waals surface area (Å²) in [6.07, 6.45) is 1.55. The highest BCUT2D eigenvalue weighted by Gasteiger charge is 2.28. The fraction of sp³-hybridized carbons (Fsp3) is 0.667. The molecule has 1 atom stereocenters. The van der Waals surface area contributed by atoms with Crippen LogP contribution in [0.25, 0.3) is 0 Å². The predicted molar refractivity (Wildman–Crippen MR) is 50.1 cm³/mol. The maximum absolute atomic E-state index is 11.5. The van der Waals surface area contributed by atoms with Gasteiger partial charge in [-0.15, -0.1) is 0 Å². The van der Waals surface area contributed by atoms with E-state index < -0.39 is 0 Å². The summed E-state index contributed by atoms with van der Waals surface area (Å²) < 4.78 is 0. The number of likely N-dealkylation sites (tertiary alicyclic amines) is 1. The predicted octanol–water partition coefficient (Wildman–Crippen LogP) is -0.431. The Bertz CT molecular complexity index is 297. The fourth-order valence-corrected chi connectivity index (χ4v) is 1.48. The summed E-state index contributed by atoms with van der Waals surface area (Å²) in [6, 6.07) is 1.71. The quantitative estimate of drug-likeness (QED) is 0.642. The van der Waals surface area contributed by atoms with Crippen LogP contribution in [0.4, 0.5) is 0 Å². The monoisotopic (exact) mass is 211 g/mol. The van der Waals surface area contributed by atoms with Gasteiger partial charge in [0, 0.05) is 13.5 Å². The zero-order valence-corrected chi connectivity index (χ0v) is 8.52. The topological polar surface area (TPSA) is 82.4 Å². The van der Waals surface area contributed by atoms with Gasteiger partial charge in [-0.1, -0.05) is 0 Å². The molecule has 0 aromatic rings. The number of nitrogens with zero attached hydrogens (tertiary/aromatic N) is 2. The molecule has 1 rings (SSSR count). The van der Waals surface area contributed by atoms with E-state index in [4.69, 9.17) is 5.26 Å². The highest BCUT2D eigenvalue weighted by Crippen LogP contribution is 2.16. The Balaban J connectivity index is 2.34. The first-order chi connectivity index (χ1) is 7.15. The minimum Gasteiger partial charge on any atom is -0.325 e. The van der Waals surface area contributed by atoms with Crippen molar-refractivity contribution in [2.45, 2.75) is 25.8 Å². The minimum absolute atomic E-state index is 0.224. The molecule has 1 N–H and O–H groups in total. The third-order valence-corrected chi connectivity index (χ3v) is 2.13. The second kappa shape index (κ2) is 5.32. The van der Waals surface area contributed by atoms with Crippen molar-refractivity contribution in [3.05, 3.63) is 0 Å². The Labute approximate surface area is 87.7 Å². The largest absolute Gasteiger partial charge is 0.325 e. The Hall–Kier alpha value is -1.61. The van der Waals surface area contributed by atoms with E-state index in [0.29, 0.717) is 13.0 Å². The number of carbonyl (C=O) groups is 2. The molecular formula is C9H13N3O3. The molecule has 6 nitrogen and oxygen atoms in total. The molecule has 0 aromatic heterocycles. The van der Waals surface area contributed by atoms with Gasteiger partial charge in [0.15, 0.2) is 6.61 Å². The average molecular weight is 211 g/mol. The molecule has 15 heavy (non-hydrogen) atoms. The standard InChI is InChI=1S/C9H13N3O3/c1-7(13)11-15-6-9(14)12-4-2-3-8(12)5-10/h8H,2-4,6H2,1H3,(H,11,13). The van der Waals surface area contributed by atoms with Crippen molar-refractivity contribution in [3.63, 3.8) is 0 Å². The van der Waals surface area contributed by atoms with Crippen LogP contribution in [0.5, 0.6) is 0 Å². The van der Waals surface area contributed by atoms with Gasteiger partial charge < -0.3 is 4.90 Å². The van der Waals surface area contributed by atoms with Crippen molar-refractivity contribution >= 4 is 11.8 Å². The van der Waals surface area contributed by atoms with Crippen LogP contribution >= 0.6 is 0 Å². The number of hydroxylamine groups is 1. The van der Waals surface area contributed by atoms with E-state index in [-0.39, 0.29) is 24.5 Å². The Morgan fingerprint density at radius 3 is 3.00 bits per heavy atom. The van der Waals surface area contributed by atoms with Gasteiger partial charge >= 0.3 is 0 Å². The van der Waals surface area contributed by atoms with Crippen LogP contribution in [0.3, 0.4) is 0 Å². The maximum atomic E-state index is 11.5. The van der Waals surface area contributed by atoms with Crippen LogP contribution in [0.2, 0.25) is 0 Å². The lowest BCUT2D eigenvalue weighted by Crippen LogP contribution is -2.38. The van der Waals surface area contributed by atoms with Gasteiger partial charge in [0.25, 0.3) is 5.91 Å². The molecule has 6 heteroatoms. The highest BCUT2D eigenvalue weighted by atomic mass is 16.7. The number of rotatable bonds is 3. The lowest BCUT2D eigenvalue weighted by Gasteiger charge is -2.18. The summed E-state index contributed by atoms with van der Waals surface area (Å²) in [5, 5.41) is 8.74. The SMILES string of the molecule is CC(=O)NOCC(=O)N1CCCC1C#N. The zero-order chi connectivity index (χ0) is 11.3. The first kappa shape index (κ1) is 11.5. The van der Waals surface area contributed by atoms with E-state index in [9.17, 15) is 9.59 Å². The molecule has 1 aliphatic rings. The Morgan fingerprint density at radius 2 is 2.40 bits per heavy atom. The van der Waals surface area contributed by atoms with Gasteiger partial charge in [-0.2, -0.15) is 5.26 Å². The van der Waals surface area contributed by atoms with Crippen LogP contribution < -0.4 is 5.48 Å². The highest BCUT2D eigenvalue weighted by molar-refractivity contribution is 5.79. The lowest BCUT2D eigenvalue weighted by molar-refractivity contribution is -0.143. The van der Waals surface area contributed by atoms with E-state index in [2.05, 4.69) is 16.4 Å². The van der Waals surface area contributed by atoms with Crippen LogP contribution in [0.1, 0.15) is 19.8 Å². The summed E-state index contributed by atoms with van der Waals surface area (Å²) >= 11 is 0. The number of nitriles is 1. The molecule has 0 aliphatic carbocycles. The van der Waals surface area contributed by atoms with Gasteiger partial charge in [0.1, 0.15) is 6.04 Å². The Kier molecular flexibility index (Phi) is 4.06. The van der Waals surface area contributed by atoms with Gasteiger partial charge in [-0.3, -0.25) is 14.4 Å². The number of hydrogen-bond donors (Lipinski definition) is 1. The second-order valence-corrected chi connectivity index (χ2v) is 3.32. The molecule has 0 saturated carbocycles. The van der Waals surface area contributed by atoms with Gasteiger partial charge in [-0.25, -0.2) is 5.48 Å². The lowest BCUT2D eigenvalue weighted by atomic mass is 10.2. The summed E-state index contributed by atoms with van der Waals surface area (Å²) in [6.45, 7) is 1.65. The molecule has 1 saturated heterocycles.